The molecule has 0 fully saturated rings. The highest BCUT2D eigenvalue weighted by Crippen LogP contribution is 2.37. The van der Waals surface area contributed by atoms with Gasteiger partial charge in [-0.2, -0.15) is 24.3 Å². The third kappa shape index (κ3) is 7.07. The lowest BCUT2D eigenvalue weighted by Crippen LogP contribution is -2.10. The van der Waals surface area contributed by atoms with Gasteiger partial charge in [-0.05, 0) is 48.5 Å². The van der Waals surface area contributed by atoms with Crippen LogP contribution in [0.5, 0.6) is 0 Å². The van der Waals surface area contributed by atoms with Gasteiger partial charge < -0.3 is 10.8 Å². The van der Waals surface area contributed by atoms with Gasteiger partial charge in [0.15, 0.2) is 28.7 Å². The number of Topliss-reactive ketones (excluding diaryl/α,β-unsaturated/α-hetero) is 1. The molecule has 0 atom stereocenters. The Labute approximate surface area is 293 Å². The second-order valence-electron chi connectivity index (χ2n) is 12.4. The minimum Gasteiger partial charge on any atom is -0.394 e. The van der Waals surface area contributed by atoms with Crippen LogP contribution in [0, 0.1) is 23.3 Å². The third-order valence-corrected chi connectivity index (χ3v) is 7.98. The summed E-state index contributed by atoms with van der Waals surface area (Å²) in [7, 11) is 0. The maximum atomic E-state index is 14.5. The van der Waals surface area contributed by atoms with Crippen LogP contribution in [0.25, 0.3) is 33.8 Å². The topological polar surface area (TPSA) is 167 Å². The van der Waals surface area contributed by atoms with E-state index < -0.39 is 29.1 Å². The smallest absolute Gasteiger partial charge is 0.177 e. The van der Waals surface area contributed by atoms with Gasteiger partial charge in [0, 0.05) is 29.5 Å². The lowest BCUT2D eigenvalue weighted by molar-refractivity contribution is 0.0987. The molecule has 5 aromatic heterocycles. The second-order valence-corrected chi connectivity index (χ2v) is 12.4. The first kappa shape index (κ1) is 35.7. The molecule has 0 aliphatic carbocycles. The fraction of sp³-hybridized carbons (Fsp3) is 0.257. The van der Waals surface area contributed by atoms with Crippen molar-refractivity contribution in [3.63, 3.8) is 0 Å². The van der Waals surface area contributed by atoms with Crippen molar-refractivity contribution in [1.82, 2.24) is 49.4 Å². The fourth-order valence-electron chi connectivity index (χ4n) is 5.43. The molecule has 0 saturated carbocycles. The van der Waals surface area contributed by atoms with E-state index in [1.165, 1.54) is 10.7 Å². The highest BCUT2D eigenvalue weighted by molar-refractivity contribution is 5.97. The highest BCUT2D eigenvalue weighted by atomic mass is 19.1. The minimum absolute atomic E-state index is 0.0798. The maximum absolute atomic E-state index is 14.5. The van der Waals surface area contributed by atoms with E-state index in [1.807, 2.05) is 27.7 Å². The van der Waals surface area contributed by atoms with Crippen molar-refractivity contribution in [1.29, 1.82) is 0 Å². The summed E-state index contributed by atoms with van der Waals surface area (Å²) in [5.41, 5.74) is 8.83. The van der Waals surface area contributed by atoms with E-state index in [4.69, 9.17) is 5.73 Å². The summed E-state index contributed by atoms with van der Waals surface area (Å²) in [5.74, 6) is -1.76. The van der Waals surface area contributed by atoms with E-state index in [1.54, 1.807) is 33.3 Å². The van der Waals surface area contributed by atoms with Crippen LogP contribution >= 0.6 is 0 Å². The Balaban J connectivity index is 0.000000183. The van der Waals surface area contributed by atoms with Crippen molar-refractivity contribution in [2.45, 2.75) is 52.5 Å². The van der Waals surface area contributed by atoms with Crippen molar-refractivity contribution in [2.75, 3.05) is 12.3 Å². The third-order valence-electron chi connectivity index (χ3n) is 7.98. The van der Waals surface area contributed by atoms with Crippen molar-refractivity contribution < 1.29 is 27.5 Å². The number of fused-ring (bicyclic) bond motifs is 2. The Kier molecular flexibility index (Phi) is 10.1. The van der Waals surface area contributed by atoms with E-state index in [0.717, 1.165) is 24.3 Å². The number of rotatable bonds is 9. The number of hydrogen-bond donors (Lipinski definition) is 2. The molecule has 0 aliphatic rings. The van der Waals surface area contributed by atoms with Gasteiger partial charge in [0.25, 0.3) is 0 Å². The quantitative estimate of drug-likeness (QED) is 0.142. The van der Waals surface area contributed by atoms with Gasteiger partial charge in [0.2, 0.25) is 0 Å². The van der Waals surface area contributed by atoms with Gasteiger partial charge >= 0.3 is 0 Å². The Bertz CT molecular complexity index is 2420. The van der Waals surface area contributed by atoms with Crippen LogP contribution in [0.15, 0.2) is 60.7 Å². The van der Waals surface area contributed by atoms with Crippen LogP contribution in [0.1, 0.15) is 67.2 Å². The number of halogens is 4. The minimum atomic E-state index is -0.872. The molecule has 0 bridgehead atoms. The SMILES string of the molecule is CC(C)c1nnc2ccc(-c3c(-c4ccc(F)cc4F)nn(CCO)c3N)nn12.CC(C)c1nnc2ccc(CC(=O)c3ccc(F)cc3F)nn12. The van der Waals surface area contributed by atoms with E-state index in [-0.39, 0.29) is 54.0 Å². The summed E-state index contributed by atoms with van der Waals surface area (Å²) < 4.78 is 59.0. The zero-order valence-electron chi connectivity index (χ0n) is 28.5. The summed E-state index contributed by atoms with van der Waals surface area (Å²) in [5, 5.41) is 38.9. The Hall–Kier alpha value is -6.10. The summed E-state index contributed by atoms with van der Waals surface area (Å²) in [6.45, 7) is 7.78. The van der Waals surface area contributed by atoms with E-state index in [9.17, 15) is 27.5 Å². The summed E-state index contributed by atoms with van der Waals surface area (Å²) in [4.78, 5) is 12.2. The van der Waals surface area contributed by atoms with Crippen LogP contribution in [-0.2, 0) is 13.0 Å². The first-order valence-electron chi connectivity index (χ1n) is 16.2. The molecule has 5 heterocycles. The van der Waals surface area contributed by atoms with Gasteiger partial charge in [-0.15, -0.1) is 20.4 Å². The van der Waals surface area contributed by atoms with Gasteiger partial charge in [-0.25, -0.2) is 22.2 Å². The number of aromatic nitrogens is 10. The summed E-state index contributed by atoms with van der Waals surface area (Å²) in [6, 6.07) is 12.9. The number of aliphatic hydroxyl groups is 1. The molecule has 0 aliphatic heterocycles. The second kappa shape index (κ2) is 14.6. The molecule has 3 N–H and O–H groups in total. The molecule has 0 saturated heterocycles. The van der Waals surface area contributed by atoms with Crippen molar-refractivity contribution >= 4 is 22.9 Å². The summed E-state index contributed by atoms with van der Waals surface area (Å²) >= 11 is 0. The molecule has 0 unspecified atom stereocenters. The van der Waals surface area contributed by atoms with Gasteiger partial charge in [-0.1, -0.05) is 27.7 Å². The van der Waals surface area contributed by atoms with Crippen LogP contribution in [0.3, 0.4) is 0 Å². The molecule has 52 heavy (non-hydrogen) atoms. The number of carbonyl (C=O) groups is 1. The van der Waals surface area contributed by atoms with Crippen LogP contribution < -0.4 is 5.73 Å². The number of carbonyl (C=O) groups excluding carboxylic acids is 1. The first-order valence-corrected chi connectivity index (χ1v) is 16.2. The molecule has 13 nitrogen and oxygen atoms in total. The van der Waals surface area contributed by atoms with Crippen molar-refractivity contribution in [3.05, 3.63) is 107 Å². The largest absolute Gasteiger partial charge is 0.394 e. The molecule has 7 aromatic rings. The lowest BCUT2D eigenvalue weighted by Gasteiger charge is -2.07. The normalized spacial score (nSPS) is 11.5. The molecule has 2 aromatic carbocycles. The van der Waals surface area contributed by atoms with Gasteiger partial charge in [0.05, 0.1) is 42.1 Å². The molecular formula is C35H33F4N11O2. The Morgan fingerprint density at radius 1 is 0.750 bits per heavy atom. The predicted molar refractivity (Wildman–Crippen MR) is 182 cm³/mol. The number of aliphatic hydroxyl groups excluding tert-OH is 1. The van der Waals surface area contributed by atoms with Gasteiger partial charge in [-0.3, -0.25) is 4.79 Å². The number of nitrogens with zero attached hydrogens (tertiary/aromatic N) is 10. The molecule has 17 heteroatoms. The van der Waals surface area contributed by atoms with Crippen LogP contribution in [0.4, 0.5) is 23.4 Å². The molecule has 0 spiro atoms. The monoisotopic (exact) mass is 715 g/mol. The lowest BCUT2D eigenvalue weighted by atomic mass is 10.0. The Morgan fingerprint density at radius 2 is 1.35 bits per heavy atom. The molecule has 268 valence electrons. The van der Waals surface area contributed by atoms with E-state index in [2.05, 4.69) is 35.7 Å². The number of nitrogen functional groups attached to an aromatic ring is 1. The molecule has 0 radical (unpaired) electrons. The number of anilines is 1. The maximum Gasteiger partial charge on any atom is 0.177 e. The predicted octanol–water partition coefficient (Wildman–Crippen LogP) is 5.58. The Morgan fingerprint density at radius 3 is 1.94 bits per heavy atom. The van der Waals surface area contributed by atoms with Crippen LogP contribution in [-0.4, -0.2) is 66.9 Å². The summed E-state index contributed by atoms with van der Waals surface area (Å²) in [6.07, 6.45) is -0.0891. The number of ketones is 1. The van der Waals surface area contributed by atoms with Crippen molar-refractivity contribution in [2.24, 2.45) is 0 Å². The number of nitrogens with two attached hydrogens (primary N) is 1. The molecule has 0 amide bonds. The molecule has 7 rings (SSSR count). The zero-order chi connectivity index (χ0) is 37.3. The fourth-order valence-corrected chi connectivity index (χ4v) is 5.43. The van der Waals surface area contributed by atoms with Crippen LogP contribution in [0.2, 0.25) is 0 Å². The average Bonchev–Trinajstić information content (AvgIpc) is 3.80. The number of hydrogen-bond acceptors (Lipinski definition) is 10. The van der Waals surface area contributed by atoms with Crippen molar-refractivity contribution in [3.8, 4) is 22.5 Å². The number of benzene rings is 2. The zero-order valence-corrected chi connectivity index (χ0v) is 28.5. The van der Waals surface area contributed by atoms with E-state index >= 15 is 0 Å². The van der Waals surface area contributed by atoms with E-state index in [0.29, 0.717) is 46.0 Å². The first-order chi connectivity index (χ1) is 24.9. The van der Waals surface area contributed by atoms with Gasteiger partial charge in [0.1, 0.15) is 34.8 Å². The molecular weight excluding hydrogens is 682 g/mol. The average molecular weight is 716 g/mol. The highest BCUT2D eigenvalue weighted by Gasteiger charge is 2.24. The standard InChI is InChI=1S/C19H19F2N7O.C16H14F2N4O/c1-10(2)19-24-23-15-6-5-14(25-28(15)19)16-17(26-27(7-8-29)18(16)22)12-4-3-11(20)9-13(12)21;1-9(2)16-20-19-15-6-4-11(21-22(15)16)8-14(23)12-5-3-10(17)7-13(12)18/h3-6,9-10,29H,7-8,22H2,1-2H3;3-7,9H,8H2,1-2H3.